The van der Waals surface area contributed by atoms with Gasteiger partial charge in [-0.3, -0.25) is 9.69 Å². The molecule has 17 heavy (non-hydrogen) atoms. The van der Waals surface area contributed by atoms with Crippen LogP contribution in [0.1, 0.15) is 0 Å². The molecule has 0 unspecified atom stereocenters. The van der Waals surface area contributed by atoms with Crippen molar-refractivity contribution in [3.63, 3.8) is 0 Å². The molecule has 1 aliphatic heterocycles. The van der Waals surface area contributed by atoms with Crippen molar-refractivity contribution in [2.24, 2.45) is 0 Å². The van der Waals surface area contributed by atoms with E-state index in [9.17, 15) is 9.59 Å². The maximum absolute atomic E-state index is 11.5. The summed E-state index contributed by atoms with van der Waals surface area (Å²) >= 11 is 3.08. The second kappa shape index (κ2) is 5.18. The molecule has 5 nitrogen and oxygen atoms in total. The normalized spacial score (nSPS) is 14.6. The Morgan fingerprint density at radius 3 is 3.00 bits per heavy atom. The molecule has 6 heteroatoms. The zero-order chi connectivity index (χ0) is 12.3. The van der Waals surface area contributed by atoms with Crippen LogP contribution in [0.5, 0.6) is 0 Å². The topological polar surface area (TPSA) is 61.4 Å². The summed E-state index contributed by atoms with van der Waals surface area (Å²) in [6.07, 6.45) is 0. The van der Waals surface area contributed by atoms with Gasteiger partial charge in [0.05, 0.1) is 5.33 Å². The number of anilines is 2. The highest BCUT2D eigenvalue weighted by Gasteiger charge is 2.21. The van der Waals surface area contributed by atoms with Crippen molar-refractivity contribution in [3.8, 4) is 0 Å². The molecule has 3 amide bonds. The Morgan fingerprint density at radius 1 is 1.53 bits per heavy atom. The third kappa shape index (κ3) is 2.76. The number of rotatable bonds is 3. The SMILES string of the molecule is O=C(CBr)Nc1cccc(N2CCNC2=O)c1. The molecule has 1 saturated heterocycles. The van der Waals surface area contributed by atoms with E-state index in [2.05, 4.69) is 26.6 Å². The van der Waals surface area contributed by atoms with Crippen molar-refractivity contribution >= 4 is 39.2 Å². The quantitative estimate of drug-likeness (QED) is 0.832. The zero-order valence-electron chi connectivity index (χ0n) is 9.07. The molecule has 0 atom stereocenters. The molecular formula is C11H12BrN3O2. The van der Waals surface area contributed by atoms with Gasteiger partial charge in [0.1, 0.15) is 0 Å². The van der Waals surface area contributed by atoms with Gasteiger partial charge in [-0.15, -0.1) is 0 Å². The molecule has 0 bridgehead atoms. The number of nitrogens with one attached hydrogen (secondary N) is 2. The minimum Gasteiger partial charge on any atom is -0.336 e. The Labute approximate surface area is 107 Å². The molecule has 2 N–H and O–H groups in total. The number of halogens is 1. The first-order chi connectivity index (χ1) is 8.20. The van der Waals surface area contributed by atoms with Crippen LogP contribution < -0.4 is 15.5 Å². The van der Waals surface area contributed by atoms with Gasteiger partial charge in [-0.1, -0.05) is 22.0 Å². The molecule has 0 saturated carbocycles. The van der Waals surface area contributed by atoms with Crippen LogP contribution in [0.2, 0.25) is 0 Å². The van der Waals surface area contributed by atoms with E-state index in [0.29, 0.717) is 18.8 Å². The van der Waals surface area contributed by atoms with Crippen LogP contribution in [-0.2, 0) is 4.79 Å². The van der Waals surface area contributed by atoms with Crippen molar-refractivity contribution in [3.05, 3.63) is 24.3 Å². The number of urea groups is 1. The maximum Gasteiger partial charge on any atom is 0.321 e. The summed E-state index contributed by atoms with van der Waals surface area (Å²) in [6, 6.07) is 7.12. The van der Waals surface area contributed by atoms with E-state index in [0.717, 1.165) is 5.69 Å². The van der Waals surface area contributed by atoms with E-state index in [1.807, 2.05) is 12.1 Å². The lowest BCUT2D eigenvalue weighted by Gasteiger charge is -2.15. The molecule has 2 rings (SSSR count). The van der Waals surface area contributed by atoms with E-state index in [1.54, 1.807) is 17.0 Å². The van der Waals surface area contributed by atoms with E-state index in [-0.39, 0.29) is 17.3 Å². The third-order valence-corrected chi connectivity index (χ3v) is 2.93. The fourth-order valence-electron chi connectivity index (χ4n) is 1.66. The summed E-state index contributed by atoms with van der Waals surface area (Å²) in [6.45, 7) is 1.30. The number of carbonyl (C=O) groups excluding carboxylic acids is 2. The van der Waals surface area contributed by atoms with Gasteiger partial charge >= 0.3 is 6.03 Å². The van der Waals surface area contributed by atoms with Crippen molar-refractivity contribution in [2.45, 2.75) is 0 Å². The van der Waals surface area contributed by atoms with E-state index in [4.69, 9.17) is 0 Å². The number of alkyl halides is 1. The lowest BCUT2D eigenvalue weighted by atomic mass is 10.2. The lowest BCUT2D eigenvalue weighted by molar-refractivity contribution is -0.113. The lowest BCUT2D eigenvalue weighted by Crippen LogP contribution is -2.27. The molecule has 0 aromatic heterocycles. The first-order valence-electron chi connectivity index (χ1n) is 5.22. The number of amides is 3. The highest BCUT2D eigenvalue weighted by atomic mass is 79.9. The summed E-state index contributed by atoms with van der Waals surface area (Å²) < 4.78 is 0. The molecule has 1 heterocycles. The van der Waals surface area contributed by atoms with Gasteiger partial charge in [0.15, 0.2) is 0 Å². The summed E-state index contributed by atoms with van der Waals surface area (Å²) in [4.78, 5) is 24.4. The maximum atomic E-state index is 11.5. The molecule has 0 spiro atoms. The predicted octanol–water partition coefficient (Wildman–Crippen LogP) is 1.55. The average Bonchev–Trinajstić information content (AvgIpc) is 2.75. The number of nitrogens with zero attached hydrogens (tertiary/aromatic N) is 1. The molecule has 1 aliphatic rings. The van der Waals surface area contributed by atoms with Crippen molar-refractivity contribution in [1.29, 1.82) is 0 Å². The molecule has 90 valence electrons. The Hall–Kier alpha value is -1.56. The van der Waals surface area contributed by atoms with Gasteiger partial charge in [0.25, 0.3) is 0 Å². The average molecular weight is 298 g/mol. The number of benzene rings is 1. The van der Waals surface area contributed by atoms with Gasteiger partial charge in [-0.05, 0) is 18.2 Å². The summed E-state index contributed by atoms with van der Waals surface area (Å²) in [5.41, 5.74) is 1.47. The molecule has 1 fully saturated rings. The Bertz CT molecular complexity index is 450. The van der Waals surface area contributed by atoms with Crippen molar-refractivity contribution < 1.29 is 9.59 Å². The minimum absolute atomic E-state index is 0.103. The van der Waals surface area contributed by atoms with E-state index < -0.39 is 0 Å². The summed E-state index contributed by atoms with van der Waals surface area (Å²) in [5.74, 6) is -0.118. The van der Waals surface area contributed by atoms with Crippen molar-refractivity contribution in [1.82, 2.24) is 5.32 Å². The van der Waals surface area contributed by atoms with Gasteiger partial charge in [-0.2, -0.15) is 0 Å². The Morgan fingerprint density at radius 2 is 2.35 bits per heavy atom. The molecule has 1 aromatic carbocycles. The van der Waals surface area contributed by atoms with Crippen LogP contribution in [0.25, 0.3) is 0 Å². The first-order valence-corrected chi connectivity index (χ1v) is 6.34. The number of carbonyl (C=O) groups is 2. The van der Waals surface area contributed by atoms with Crippen LogP contribution in [-0.4, -0.2) is 30.4 Å². The summed E-state index contributed by atoms with van der Waals surface area (Å²) in [5, 5.41) is 5.71. The van der Waals surface area contributed by atoms with Gasteiger partial charge in [0.2, 0.25) is 5.91 Å². The Kier molecular flexibility index (Phi) is 3.63. The largest absolute Gasteiger partial charge is 0.336 e. The van der Waals surface area contributed by atoms with Gasteiger partial charge < -0.3 is 10.6 Å². The second-order valence-corrected chi connectivity index (χ2v) is 4.18. The number of hydrogen-bond acceptors (Lipinski definition) is 2. The van der Waals surface area contributed by atoms with Crippen molar-refractivity contribution in [2.75, 3.05) is 28.6 Å². The molecule has 0 aliphatic carbocycles. The zero-order valence-corrected chi connectivity index (χ0v) is 10.7. The Balaban J connectivity index is 2.16. The number of hydrogen-bond donors (Lipinski definition) is 2. The minimum atomic E-state index is -0.118. The molecule has 1 aromatic rings. The van der Waals surface area contributed by atoms with Gasteiger partial charge in [-0.25, -0.2) is 4.79 Å². The third-order valence-electron chi connectivity index (χ3n) is 2.42. The smallest absolute Gasteiger partial charge is 0.321 e. The fraction of sp³-hybridized carbons (Fsp3) is 0.273. The van der Waals surface area contributed by atoms with Crippen LogP contribution in [0.4, 0.5) is 16.2 Å². The van der Waals surface area contributed by atoms with E-state index >= 15 is 0 Å². The monoisotopic (exact) mass is 297 g/mol. The van der Waals surface area contributed by atoms with Crippen LogP contribution in [0.15, 0.2) is 24.3 Å². The second-order valence-electron chi connectivity index (χ2n) is 3.62. The highest BCUT2D eigenvalue weighted by molar-refractivity contribution is 9.09. The van der Waals surface area contributed by atoms with E-state index in [1.165, 1.54) is 0 Å². The fourth-order valence-corrected chi connectivity index (χ4v) is 1.80. The van der Waals surface area contributed by atoms with Crippen LogP contribution in [0.3, 0.4) is 0 Å². The van der Waals surface area contributed by atoms with Gasteiger partial charge in [0, 0.05) is 24.5 Å². The van der Waals surface area contributed by atoms with Crippen LogP contribution in [0, 0.1) is 0 Å². The highest BCUT2D eigenvalue weighted by Crippen LogP contribution is 2.20. The molecular weight excluding hydrogens is 286 g/mol. The predicted molar refractivity (Wildman–Crippen MR) is 69.6 cm³/mol. The summed E-state index contributed by atoms with van der Waals surface area (Å²) in [7, 11) is 0. The standard InChI is InChI=1S/C11H12BrN3O2/c12-7-10(16)14-8-2-1-3-9(6-8)15-5-4-13-11(15)17/h1-3,6H,4-5,7H2,(H,13,17)(H,14,16). The molecule has 0 radical (unpaired) electrons. The van der Waals surface area contributed by atoms with Crippen LogP contribution >= 0.6 is 15.9 Å². The first kappa shape index (κ1) is 11.9.